The number of hydrogen-bond donors (Lipinski definition) is 3. The summed E-state index contributed by atoms with van der Waals surface area (Å²) in [5.74, 6) is 0. The number of aliphatic hydroxyl groups excluding tert-OH is 1. The van der Waals surface area contributed by atoms with E-state index < -0.39 is 29.1 Å². The van der Waals surface area contributed by atoms with E-state index in [2.05, 4.69) is 10.1 Å². The average Bonchev–Trinajstić information content (AvgIpc) is 2.47. The van der Waals surface area contributed by atoms with Gasteiger partial charge in [-0.25, -0.2) is 17.5 Å². The minimum Gasteiger partial charge on any atom is -0.453 e. The number of methoxy groups -OCH3 is 1. The molecule has 1 rings (SSSR count). The van der Waals surface area contributed by atoms with Crippen molar-refractivity contribution < 1.29 is 23.1 Å². The van der Waals surface area contributed by atoms with Crippen LogP contribution in [0.15, 0.2) is 30.3 Å². The van der Waals surface area contributed by atoms with Crippen molar-refractivity contribution in [2.75, 3.05) is 20.7 Å². The molecule has 2 atom stereocenters. The molecule has 0 radical (unpaired) electrons. The standard InChI is InChI=1S/C13H20N2O5S/c1-15(21(18)19)9-12(16)11(14-13(17)20-2)8-10-6-4-3-5-7-10/h3-7,11-12,16,21H,8-9H2,1-2H3,(H,14,17)/t11-,12+/m0/s1. The molecule has 0 saturated carbocycles. The predicted molar refractivity (Wildman–Crippen MR) is 78.4 cm³/mol. The third-order valence-corrected chi connectivity index (χ3v) is 3.70. The Labute approximate surface area is 125 Å². The molecule has 0 heterocycles. The van der Waals surface area contributed by atoms with Crippen molar-refractivity contribution in [1.82, 2.24) is 9.62 Å². The van der Waals surface area contributed by atoms with Crippen LogP contribution in [0.5, 0.6) is 0 Å². The first-order valence-electron chi connectivity index (χ1n) is 6.36. The molecule has 0 aromatic heterocycles. The first kappa shape index (κ1) is 17.4. The highest BCUT2D eigenvalue weighted by molar-refractivity contribution is 7.69. The molecule has 0 aliphatic rings. The van der Waals surface area contributed by atoms with Gasteiger partial charge < -0.3 is 15.2 Å². The number of thiol groups is 1. The normalized spacial score (nSPS) is 14.0. The van der Waals surface area contributed by atoms with Crippen molar-refractivity contribution in [3.63, 3.8) is 0 Å². The third kappa shape index (κ3) is 6.11. The fourth-order valence-corrected chi connectivity index (χ4v) is 2.13. The van der Waals surface area contributed by atoms with Crippen LogP contribution in [-0.4, -0.2) is 56.8 Å². The summed E-state index contributed by atoms with van der Waals surface area (Å²) in [6.07, 6.45) is -1.37. The van der Waals surface area contributed by atoms with Gasteiger partial charge >= 0.3 is 6.09 Å². The van der Waals surface area contributed by atoms with Gasteiger partial charge in [0.25, 0.3) is 0 Å². The van der Waals surface area contributed by atoms with Crippen LogP contribution in [0.1, 0.15) is 5.56 Å². The van der Waals surface area contributed by atoms with Gasteiger partial charge in [-0.2, -0.15) is 0 Å². The van der Waals surface area contributed by atoms with Gasteiger partial charge in [0.2, 0.25) is 10.9 Å². The maximum atomic E-state index is 11.4. The second-order valence-corrected chi connectivity index (χ2v) is 5.74. The van der Waals surface area contributed by atoms with Gasteiger partial charge in [-0.15, -0.1) is 0 Å². The fraction of sp³-hybridized carbons (Fsp3) is 0.462. The number of carbonyl (C=O) groups excluding carboxylic acids is 1. The summed E-state index contributed by atoms with van der Waals surface area (Å²) in [6.45, 7) is -0.111. The molecule has 0 fully saturated rings. The molecule has 0 spiro atoms. The SMILES string of the molecule is COC(=O)N[C@@H](Cc1ccccc1)[C@H](O)CN(C)[SH](=O)=O. The van der Waals surface area contributed by atoms with Gasteiger partial charge in [0, 0.05) is 13.6 Å². The number of nitrogens with one attached hydrogen (secondary N) is 1. The van der Waals surface area contributed by atoms with Crippen LogP contribution < -0.4 is 5.32 Å². The van der Waals surface area contributed by atoms with Gasteiger partial charge in [-0.3, -0.25) is 0 Å². The molecule has 0 aliphatic heterocycles. The van der Waals surface area contributed by atoms with Crippen molar-refractivity contribution in [3.8, 4) is 0 Å². The van der Waals surface area contributed by atoms with Gasteiger partial charge in [0.05, 0.1) is 19.3 Å². The lowest BCUT2D eigenvalue weighted by Gasteiger charge is -2.25. The van der Waals surface area contributed by atoms with Gasteiger partial charge in [-0.05, 0) is 12.0 Å². The quantitative estimate of drug-likeness (QED) is 0.604. The number of alkyl carbamates (subject to hydrolysis) is 1. The minimum absolute atomic E-state index is 0.111. The molecule has 0 aliphatic carbocycles. The lowest BCUT2D eigenvalue weighted by atomic mass is 10.0. The summed E-state index contributed by atoms with van der Waals surface area (Å²) in [7, 11) is -0.195. The number of benzene rings is 1. The predicted octanol–water partition coefficient (Wildman–Crippen LogP) is -0.227. The zero-order chi connectivity index (χ0) is 15.8. The Morgan fingerprint density at radius 1 is 1.38 bits per heavy atom. The van der Waals surface area contributed by atoms with E-state index >= 15 is 0 Å². The molecule has 0 unspecified atom stereocenters. The van der Waals surface area contributed by atoms with E-state index in [1.165, 1.54) is 14.2 Å². The zero-order valence-electron chi connectivity index (χ0n) is 11.9. The van der Waals surface area contributed by atoms with E-state index in [9.17, 15) is 18.3 Å². The maximum Gasteiger partial charge on any atom is 0.407 e. The molecule has 7 nitrogen and oxygen atoms in total. The Kier molecular flexibility index (Phi) is 7.13. The molecule has 2 N–H and O–H groups in total. The highest BCUT2D eigenvalue weighted by Gasteiger charge is 2.24. The van der Waals surface area contributed by atoms with Gasteiger partial charge in [-0.1, -0.05) is 30.3 Å². The smallest absolute Gasteiger partial charge is 0.407 e. The number of carbonyl (C=O) groups is 1. The van der Waals surface area contributed by atoms with Crippen LogP contribution in [0.2, 0.25) is 0 Å². The Bertz CT molecular complexity index is 513. The second-order valence-electron chi connectivity index (χ2n) is 4.58. The van der Waals surface area contributed by atoms with Crippen LogP contribution in [0.3, 0.4) is 0 Å². The van der Waals surface area contributed by atoms with E-state index in [-0.39, 0.29) is 6.54 Å². The number of ether oxygens (including phenoxy) is 1. The molecule has 1 aromatic carbocycles. The van der Waals surface area contributed by atoms with Crippen molar-refractivity contribution in [2.24, 2.45) is 0 Å². The molecule has 0 bridgehead atoms. The van der Waals surface area contributed by atoms with E-state index in [1.807, 2.05) is 30.3 Å². The molecular weight excluding hydrogens is 296 g/mol. The van der Waals surface area contributed by atoms with Gasteiger partial charge in [0.15, 0.2) is 0 Å². The molecule has 21 heavy (non-hydrogen) atoms. The Morgan fingerprint density at radius 2 is 2.00 bits per heavy atom. The Morgan fingerprint density at radius 3 is 2.52 bits per heavy atom. The summed E-state index contributed by atoms with van der Waals surface area (Å²) < 4.78 is 27.2. The van der Waals surface area contributed by atoms with Crippen LogP contribution in [0.25, 0.3) is 0 Å². The molecule has 1 amide bonds. The summed E-state index contributed by atoms with van der Waals surface area (Å²) >= 11 is 0. The first-order valence-corrected chi connectivity index (χ1v) is 7.49. The van der Waals surface area contributed by atoms with Crippen molar-refractivity contribution in [2.45, 2.75) is 18.6 Å². The van der Waals surface area contributed by atoms with E-state index in [0.29, 0.717) is 6.42 Å². The topological polar surface area (TPSA) is 95.9 Å². The number of amides is 1. The van der Waals surface area contributed by atoms with Crippen LogP contribution in [0, 0.1) is 0 Å². The number of hydrogen-bond acceptors (Lipinski definition) is 5. The fourth-order valence-electron chi connectivity index (χ4n) is 1.83. The Hall–Kier alpha value is -1.64. The molecular formula is C13H20N2O5S. The molecule has 8 heteroatoms. The van der Waals surface area contributed by atoms with E-state index in [4.69, 9.17) is 0 Å². The summed E-state index contributed by atoms with van der Waals surface area (Å²) in [4.78, 5) is 11.4. The van der Waals surface area contributed by atoms with Crippen LogP contribution in [0.4, 0.5) is 4.79 Å². The van der Waals surface area contributed by atoms with Crippen molar-refractivity contribution >= 4 is 17.0 Å². The molecule has 0 saturated heterocycles. The second kappa shape index (κ2) is 8.60. The number of rotatable bonds is 7. The van der Waals surface area contributed by atoms with Gasteiger partial charge in [0.1, 0.15) is 0 Å². The van der Waals surface area contributed by atoms with Crippen molar-refractivity contribution in [1.29, 1.82) is 0 Å². The highest BCUT2D eigenvalue weighted by atomic mass is 32.2. The highest BCUT2D eigenvalue weighted by Crippen LogP contribution is 2.08. The zero-order valence-corrected chi connectivity index (χ0v) is 12.8. The van der Waals surface area contributed by atoms with Crippen LogP contribution >= 0.6 is 0 Å². The minimum atomic E-state index is -2.77. The molecule has 118 valence electrons. The molecule has 1 aromatic rings. The largest absolute Gasteiger partial charge is 0.453 e. The van der Waals surface area contributed by atoms with Crippen molar-refractivity contribution in [3.05, 3.63) is 35.9 Å². The van der Waals surface area contributed by atoms with E-state index in [0.717, 1.165) is 9.87 Å². The van der Waals surface area contributed by atoms with E-state index in [1.54, 1.807) is 0 Å². The lowest BCUT2D eigenvalue weighted by Crippen LogP contribution is -2.48. The maximum absolute atomic E-state index is 11.4. The number of nitrogens with zero attached hydrogens (tertiary/aromatic N) is 1. The third-order valence-electron chi connectivity index (χ3n) is 2.98. The summed E-state index contributed by atoms with van der Waals surface area (Å²) in [5.41, 5.74) is 0.909. The average molecular weight is 316 g/mol. The van der Waals surface area contributed by atoms with Crippen LogP contribution in [-0.2, 0) is 22.0 Å². The summed E-state index contributed by atoms with van der Waals surface area (Å²) in [5, 5.41) is 12.7. The summed E-state index contributed by atoms with van der Waals surface area (Å²) in [6, 6.07) is 8.61. The number of aliphatic hydroxyl groups is 1. The number of likely N-dealkylation sites (N-methyl/N-ethyl adjacent to an activating group) is 1. The Balaban J connectivity index is 2.78. The monoisotopic (exact) mass is 316 g/mol. The first-order chi connectivity index (χ1) is 9.93. The lowest BCUT2D eigenvalue weighted by molar-refractivity contribution is 0.101.